The number of hydrogen-bond acceptors (Lipinski definition) is 8. The maximum absolute atomic E-state index is 12.9. The molecule has 0 radical (unpaired) electrons. The summed E-state index contributed by atoms with van der Waals surface area (Å²) in [6, 6.07) is 0. The second-order valence-corrected chi connectivity index (χ2v) is 23.3. The summed E-state index contributed by atoms with van der Waals surface area (Å²) in [5.74, 6) is -2.33. The molecule has 83 heavy (non-hydrogen) atoms. The third kappa shape index (κ3) is 65.1. The molecule has 0 amide bonds. The van der Waals surface area contributed by atoms with E-state index in [1.807, 2.05) is 21.1 Å². The molecule has 0 rings (SSSR count). The Hall–Kier alpha value is -4.31. The molecule has 474 valence electrons. The summed E-state index contributed by atoms with van der Waals surface area (Å²) in [4.78, 5) is 37.4. The fourth-order valence-corrected chi connectivity index (χ4v) is 9.12. The number of ether oxygens (including phenoxy) is 4. The van der Waals surface area contributed by atoms with Crippen LogP contribution in [0.5, 0.6) is 0 Å². The van der Waals surface area contributed by atoms with Gasteiger partial charge in [-0.1, -0.05) is 277 Å². The molecule has 0 aromatic rings. The van der Waals surface area contributed by atoms with Crippen LogP contribution in [0.25, 0.3) is 0 Å². The molecule has 0 aromatic carbocycles. The van der Waals surface area contributed by atoms with E-state index < -0.39 is 24.3 Å². The highest BCUT2D eigenvalue weighted by Crippen LogP contribution is 2.17. The Morgan fingerprint density at radius 2 is 0.651 bits per heavy atom. The van der Waals surface area contributed by atoms with Crippen molar-refractivity contribution < 1.29 is 42.9 Å². The van der Waals surface area contributed by atoms with Crippen LogP contribution in [0.1, 0.15) is 271 Å². The van der Waals surface area contributed by atoms with Crippen molar-refractivity contribution in [3.05, 3.63) is 122 Å². The van der Waals surface area contributed by atoms with Crippen LogP contribution in [0.4, 0.5) is 0 Å². The fraction of sp³-hybridized carbons (Fsp3) is 0.689. The van der Waals surface area contributed by atoms with Crippen LogP contribution >= 0.6 is 0 Å². The molecule has 0 fully saturated rings. The Labute approximate surface area is 510 Å². The number of hydrogen-bond donors (Lipinski definition) is 0. The zero-order valence-electron chi connectivity index (χ0n) is 54.0. The van der Waals surface area contributed by atoms with Crippen LogP contribution in [-0.2, 0) is 33.3 Å². The van der Waals surface area contributed by atoms with Crippen molar-refractivity contribution in [2.45, 2.75) is 283 Å². The number of rotatable bonds is 61. The average molecular weight is 1160 g/mol. The lowest BCUT2D eigenvalue weighted by Gasteiger charge is -2.26. The number of aliphatic carboxylic acids is 1. The number of unbranched alkanes of at least 4 members (excludes halogenated alkanes) is 26. The Kier molecular flexibility index (Phi) is 60.4. The monoisotopic (exact) mass is 1160 g/mol. The van der Waals surface area contributed by atoms with Gasteiger partial charge in [-0.2, -0.15) is 0 Å². The highest BCUT2D eigenvalue weighted by molar-refractivity contribution is 5.70. The third-order valence-corrected chi connectivity index (χ3v) is 14.2. The number of likely N-dealkylation sites (N-methyl/N-ethyl adjacent to an activating group) is 1. The van der Waals surface area contributed by atoms with E-state index in [1.54, 1.807) is 0 Å². The highest BCUT2D eigenvalue weighted by Gasteiger charge is 2.22. The first-order chi connectivity index (χ1) is 40.6. The Morgan fingerprint density at radius 1 is 0.361 bits per heavy atom. The molecule has 0 saturated heterocycles. The van der Waals surface area contributed by atoms with Crippen LogP contribution in [-0.4, -0.2) is 82.3 Å². The summed E-state index contributed by atoms with van der Waals surface area (Å²) in [5, 5.41) is 11.8. The summed E-state index contributed by atoms with van der Waals surface area (Å²) < 4.78 is 22.7. The van der Waals surface area contributed by atoms with Gasteiger partial charge in [0, 0.05) is 12.8 Å². The molecule has 0 aliphatic rings. The number of carbonyl (C=O) groups is 3. The molecule has 0 aliphatic carbocycles. The van der Waals surface area contributed by atoms with Crippen LogP contribution < -0.4 is 5.11 Å². The molecule has 9 heteroatoms. The number of esters is 2. The number of carbonyl (C=O) groups excluding carboxylic acids is 3. The van der Waals surface area contributed by atoms with Crippen molar-refractivity contribution in [3.8, 4) is 0 Å². The van der Waals surface area contributed by atoms with Gasteiger partial charge in [0.15, 0.2) is 12.4 Å². The standard InChI is InChI=1S/C74H125NO8/c1-6-8-10-12-14-16-18-20-22-24-26-27-28-29-30-31-32-33-34-35-36-37-38-39-40-41-42-43-44-45-47-49-51-53-55-57-59-61-63-65-72(77)83-70(69-82-74(73(78)79)80-67-66-75(3,4)5)68-81-71(76)64-62-60-58-56-54-52-50-48-46-25-23-21-19-17-15-13-11-9-7-2/h8-11,14-17,20-23,26-27,29-30,46,48,52,54,70,74H,6-7,12-13,18-19,24-25,28,31-45,47,49-51,53,55-69H2,1-5H3/b10-8-,11-9-,16-14-,17-15-,22-20-,23-21-,27-26-,30-29-,48-46-,54-52-. The molecular weight excluding hydrogens is 1030 g/mol. The number of quaternary nitrogens is 1. The van der Waals surface area contributed by atoms with Gasteiger partial charge < -0.3 is 33.3 Å². The number of carboxylic acids is 1. The van der Waals surface area contributed by atoms with Gasteiger partial charge in [-0.25, -0.2) is 0 Å². The molecule has 0 spiro atoms. The predicted octanol–water partition coefficient (Wildman–Crippen LogP) is 19.5. The van der Waals surface area contributed by atoms with Crippen molar-refractivity contribution in [1.82, 2.24) is 0 Å². The fourth-order valence-electron chi connectivity index (χ4n) is 9.12. The molecule has 0 bridgehead atoms. The minimum absolute atomic E-state index is 0.138. The normalized spacial score (nSPS) is 13.5. The van der Waals surface area contributed by atoms with Gasteiger partial charge in [0.25, 0.3) is 0 Å². The van der Waals surface area contributed by atoms with Crippen molar-refractivity contribution in [2.75, 3.05) is 47.5 Å². The Bertz CT molecular complexity index is 1780. The second kappa shape index (κ2) is 63.7. The van der Waals surface area contributed by atoms with Crippen molar-refractivity contribution in [2.24, 2.45) is 0 Å². The summed E-state index contributed by atoms with van der Waals surface area (Å²) in [6.45, 7) is 4.49. The summed E-state index contributed by atoms with van der Waals surface area (Å²) in [6.07, 6.45) is 87.2. The maximum Gasteiger partial charge on any atom is 0.306 e. The minimum atomic E-state index is -1.63. The van der Waals surface area contributed by atoms with Crippen LogP contribution in [0, 0.1) is 0 Å². The van der Waals surface area contributed by atoms with Gasteiger partial charge in [-0.3, -0.25) is 9.59 Å². The smallest absolute Gasteiger partial charge is 0.306 e. The van der Waals surface area contributed by atoms with Gasteiger partial charge in [0.05, 0.1) is 40.3 Å². The quantitative estimate of drug-likeness (QED) is 0.0195. The Balaban J connectivity index is 4.06. The van der Waals surface area contributed by atoms with Gasteiger partial charge in [0.2, 0.25) is 0 Å². The zero-order valence-corrected chi connectivity index (χ0v) is 54.0. The van der Waals surface area contributed by atoms with E-state index in [0.717, 1.165) is 103 Å². The molecule has 9 nitrogen and oxygen atoms in total. The lowest BCUT2D eigenvalue weighted by atomic mass is 10.0. The molecule has 0 N–H and O–H groups in total. The van der Waals surface area contributed by atoms with Gasteiger partial charge in [0.1, 0.15) is 13.2 Å². The summed E-state index contributed by atoms with van der Waals surface area (Å²) >= 11 is 0. The van der Waals surface area contributed by atoms with E-state index in [4.69, 9.17) is 18.9 Å². The molecule has 0 aliphatic heterocycles. The Morgan fingerprint density at radius 3 is 0.976 bits per heavy atom. The van der Waals surface area contributed by atoms with E-state index in [2.05, 4.69) is 135 Å². The van der Waals surface area contributed by atoms with Crippen molar-refractivity contribution in [1.29, 1.82) is 0 Å². The van der Waals surface area contributed by atoms with Crippen molar-refractivity contribution >= 4 is 17.9 Å². The van der Waals surface area contributed by atoms with Crippen LogP contribution in [0.3, 0.4) is 0 Å². The average Bonchev–Trinajstić information content (AvgIpc) is 3.46. The molecule has 0 saturated carbocycles. The van der Waals surface area contributed by atoms with Crippen LogP contribution in [0.2, 0.25) is 0 Å². The van der Waals surface area contributed by atoms with Gasteiger partial charge in [-0.05, 0) is 103 Å². The lowest BCUT2D eigenvalue weighted by molar-refractivity contribution is -0.870. The summed E-state index contributed by atoms with van der Waals surface area (Å²) in [7, 11) is 5.91. The van der Waals surface area contributed by atoms with E-state index in [1.165, 1.54) is 128 Å². The van der Waals surface area contributed by atoms with Gasteiger partial charge >= 0.3 is 11.9 Å². The van der Waals surface area contributed by atoms with E-state index in [9.17, 15) is 19.5 Å². The first-order valence-electron chi connectivity index (χ1n) is 33.7. The topological polar surface area (TPSA) is 111 Å². The van der Waals surface area contributed by atoms with Gasteiger partial charge in [-0.15, -0.1) is 0 Å². The third-order valence-electron chi connectivity index (χ3n) is 14.2. The highest BCUT2D eigenvalue weighted by atomic mass is 16.7. The van der Waals surface area contributed by atoms with E-state index in [0.29, 0.717) is 23.9 Å². The van der Waals surface area contributed by atoms with Crippen molar-refractivity contribution in [3.63, 3.8) is 0 Å². The first-order valence-corrected chi connectivity index (χ1v) is 33.7. The molecule has 2 unspecified atom stereocenters. The van der Waals surface area contributed by atoms with Crippen LogP contribution in [0.15, 0.2) is 122 Å². The second-order valence-electron chi connectivity index (χ2n) is 23.3. The molecule has 2 atom stereocenters. The lowest BCUT2D eigenvalue weighted by Crippen LogP contribution is -2.44. The molecule has 0 aromatic heterocycles. The van der Waals surface area contributed by atoms with E-state index in [-0.39, 0.29) is 38.6 Å². The largest absolute Gasteiger partial charge is 0.545 e. The number of allylic oxidation sites excluding steroid dienone is 20. The molecule has 0 heterocycles. The first kappa shape index (κ1) is 78.7. The van der Waals surface area contributed by atoms with E-state index >= 15 is 0 Å². The number of carboxylic acid groups (broad SMARTS) is 1. The minimum Gasteiger partial charge on any atom is -0.545 e. The SMILES string of the molecule is CC/C=C\C/C=C\C/C=C\C/C=C\C/C=C\CCCCCCCCCCCCCCCCCCCCCCCCCC(=O)OC(COC(=O)CCCCC/C=C\C/C=C\C/C=C\C/C=C\C/C=C\CC)COC(OCC[N+](C)(C)C)C(=O)[O-]. The zero-order chi connectivity index (χ0) is 60.5. The maximum atomic E-state index is 12.9. The number of nitrogens with zero attached hydrogens (tertiary/aromatic N) is 1. The summed E-state index contributed by atoms with van der Waals surface area (Å²) in [5.41, 5.74) is 0. The predicted molar refractivity (Wildman–Crippen MR) is 352 cm³/mol. The molecular formula is C74H125NO8.